The monoisotopic (exact) mass is 132 g/mol. The van der Waals surface area contributed by atoms with E-state index in [2.05, 4.69) is 23.5 Å². The highest BCUT2D eigenvalue weighted by atomic mass is 16.2. The number of hydrogen-bond donors (Lipinski definition) is 1. The maximum atomic E-state index is 8.32. The van der Waals surface area contributed by atoms with Gasteiger partial charge >= 0.3 is 0 Å². The molecule has 0 unspecified atom stereocenters. The third kappa shape index (κ3) is 6.60. The zero-order valence-corrected chi connectivity index (χ0v) is 5.59. The normalized spacial score (nSPS) is 6.00. The first kappa shape index (κ1) is 8.60. The van der Waals surface area contributed by atoms with E-state index in [4.69, 9.17) is 11.5 Å². The van der Waals surface area contributed by atoms with Gasteiger partial charge in [0.1, 0.15) is 0 Å². The van der Waals surface area contributed by atoms with Crippen molar-refractivity contribution >= 4 is 0 Å². The Hall–Kier alpha value is -1.40. The molecule has 0 saturated heterocycles. The molecule has 0 aromatic carbocycles. The van der Waals surface area contributed by atoms with Gasteiger partial charge in [0, 0.05) is 12.7 Å². The van der Waals surface area contributed by atoms with Gasteiger partial charge in [-0.25, -0.2) is 0 Å². The molecule has 1 N–H and O–H groups in total. The molecule has 1 nitrogen and oxygen atoms in total. The third-order valence-corrected chi connectivity index (χ3v) is 0.691. The minimum absolute atomic E-state index is 0.142. The van der Waals surface area contributed by atoms with E-state index in [0.29, 0.717) is 6.42 Å². The first-order valence-electron chi connectivity index (χ1n) is 2.88. The number of aliphatic hydroxyl groups excluding tert-OH is 1. The zero-order chi connectivity index (χ0) is 7.66. The smallest absolute Gasteiger partial charge is 0.0471 e. The Labute approximate surface area is 61.1 Å². The van der Waals surface area contributed by atoms with E-state index in [9.17, 15) is 0 Å². The molecule has 1 heteroatoms. The van der Waals surface area contributed by atoms with Crippen molar-refractivity contribution in [1.29, 1.82) is 0 Å². The molecule has 0 saturated carbocycles. The average molecular weight is 132 g/mol. The topological polar surface area (TPSA) is 20.2 Å². The highest BCUT2D eigenvalue weighted by molar-refractivity contribution is 5.27. The SMILES string of the molecule is C#CC#CC=C=CCCO. The van der Waals surface area contributed by atoms with Crippen LogP contribution in [0.2, 0.25) is 0 Å². The van der Waals surface area contributed by atoms with Crippen LogP contribution >= 0.6 is 0 Å². The second-order valence-electron chi connectivity index (χ2n) is 1.44. The summed E-state index contributed by atoms with van der Waals surface area (Å²) < 4.78 is 0. The number of rotatable bonds is 2. The fourth-order valence-electron chi connectivity index (χ4n) is 0.326. The first-order valence-corrected chi connectivity index (χ1v) is 2.88. The van der Waals surface area contributed by atoms with Crippen LogP contribution in [-0.4, -0.2) is 11.7 Å². The first-order chi connectivity index (χ1) is 4.91. The summed E-state index contributed by atoms with van der Waals surface area (Å²) in [5, 5.41) is 8.32. The summed E-state index contributed by atoms with van der Waals surface area (Å²) in [6.07, 6.45) is 8.68. The molecule has 0 spiro atoms. The van der Waals surface area contributed by atoms with Gasteiger partial charge in [-0.05, 0) is 24.3 Å². The van der Waals surface area contributed by atoms with E-state index < -0.39 is 0 Å². The molecule has 0 fully saturated rings. The minimum Gasteiger partial charge on any atom is -0.396 e. The third-order valence-electron chi connectivity index (χ3n) is 0.691. The fourth-order valence-corrected chi connectivity index (χ4v) is 0.326. The van der Waals surface area contributed by atoms with E-state index in [1.54, 1.807) is 6.08 Å². The van der Waals surface area contributed by atoms with Gasteiger partial charge < -0.3 is 5.11 Å². The summed E-state index contributed by atoms with van der Waals surface area (Å²) in [6, 6.07) is 0. The Bertz CT molecular complexity index is 226. The Kier molecular flexibility index (Phi) is 6.54. The number of terminal acetylenes is 1. The summed E-state index contributed by atoms with van der Waals surface area (Å²) in [7, 11) is 0. The molecule has 0 amide bonds. The van der Waals surface area contributed by atoms with Gasteiger partial charge in [0.25, 0.3) is 0 Å². The van der Waals surface area contributed by atoms with Gasteiger partial charge in [-0.1, -0.05) is 5.92 Å². The summed E-state index contributed by atoms with van der Waals surface area (Å²) in [5.41, 5.74) is 2.74. The lowest BCUT2D eigenvalue weighted by molar-refractivity contribution is 0.302. The second kappa shape index (κ2) is 7.60. The van der Waals surface area contributed by atoms with Crippen LogP contribution in [0.3, 0.4) is 0 Å². The predicted octanol–water partition coefficient (Wildman–Crippen LogP) is 0.717. The quantitative estimate of drug-likeness (QED) is 0.433. The Morgan fingerprint density at radius 3 is 2.90 bits per heavy atom. The van der Waals surface area contributed by atoms with Crippen LogP contribution in [0.15, 0.2) is 17.9 Å². The van der Waals surface area contributed by atoms with Crippen molar-refractivity contribution in [3.8, 4) is 24.2 Å². The largest absolute Gasteiger partial charge is 0.396 e. The lowest BCUT2D eigenvalue weighted by Crippen LogP contribution is -1.72. The van der Waals surface area contributed by atoms with E-state index in [-0.39, 0.29) is 6.61 Å². The van der Waals surface area contributed by atoms with Crippen molar-refractivity contribution in [3.63, 3.8) is 0 Å². The highest BCUT2D eigenvalue weighted by Crippen LogP contribution is 1.75. The maximum absolute atomic E-state index is 8.32. The zero-order valence-electron chi connectivity index (χ0n) is 5.59. The fraction of sp³-hybridized carbons (Fsp3) is 0.222. The van der Waals surface area contributed by atoms with Gasteiger partial charge in [0.15, 0.2) is 0 Å². The van der Waals surface area contributed by atoms with E-state index >= 15 is 0 Å². The van der Waals surface area contributed by atoms with Crippen molar-refractivity contribution < 1.29 is 5.11 Å². The van der Waals surface area contributed by atoms with Crippen molar-refractivity contribution in [2.75, 3.05) is 6.61 Å². The molecule has 0 atom stereocenters. The van der Waals surface area contributed by atoms with Crippen molar-refractivity contribution in [2.24, 2.45) is 0 Å². The Morgan fingerprint density at radius 2 is 2.30 bits per heavy atom. The van der Waals surface area contributed by atoms with Crippen LogP contribution in [0.1, 0.15) is 6.42 Å². The molecular weight excluding hydrogens is 124 g/mol. The molecule has 10 heavy (non-hydrogen) atoms. The predicted molar refractivity (Wildman–Crippen MR) is 41.0 cm³/mol. The standard InChI is InChI=1S/C9H8O/c1-2-3-4-5-6-7-8-9-10/h1,5,7,10H,8-9H2. The van der Waals surface area contributed by atoms with Crippen LogP contribution in [0.25, 0.3) is 0 Å². The van der Waals surface area contributed by atoms with E-state index in [1.165, 1.54) is 6.08 Å². The maximum Gasteiger partial charge on any atom is 0.0471 e. The van der Waals surface area contributed by atoms with Crippen molar-refractivity contribution in [1.82, 2.24) is 0 Å². The molecule has 50 valence electrons. The van der Waals surface area contributed by atoms with Crippen LogP contribution in [0.5, 0.6) is 0 Å². The van der Waals surface area contributed by atoms with Gasteiger partial charge in [-0.2, -0.15) is 0 Å². The summed E-state index contributed by atoms with van der Waals surface area (Å²) >= 11 is 0. The Morgan fingerprint density at radius 1 is 1.50 bits per heavy atom. The van der Waals surface area contributed by atoms with Crippen molar-refractivity contribution in [3.05, 3.63) is 17.9 Å². The van der Waals surface area contributed by atoms with E-state index in [1.807, 2.05) is 0 Å². The second-order valence-corrected chi connectivity index (χ2v) is 1.44. The van der Waals surface area contributed by atoms with Crippen LogP contribution in [0.4, 0.5) is 0 Å². The molecule has 0 aliphatic rings. The number of aliphatic hydroxyl groups is 1. The lowest BCUT2D eigenvalue weighted by Gasteiger charge is -1.74. The van der Waals surface area contributed by atoms with Gasteiger partial charge in [-0.15, -0.1) is 12.2 Å². The molecule has 0 aromatic heterocycles. The molecule has 0 aromatic rings. The van der Waals surface area contributed by atoms with Crippen LogP contribution in [0, 0.1) is 24.2 Å². The summed E-state index contributed by atoms with van der Waals surface area (Å²) in [5.74, 6) is 7.12. The van der Waals surface area contributed by atoms with Gasteiger partial charge in [0.2, 0.25) is 0 Å². The van der Waals surface area contributed by atoms with Crippen LogP contribution in [-0.2, 0) is 0 Å². The highest BCUT2D eigenvalue weighted by Gasteiger charge is 1.66. The van der Waals surface area contributed by atoms with Gasteiger partial charge in [0.05, 0.1) is 0 Å². The van der Waals surface area contributed by atoms with Gasteiger partial charge in [-0.3, -0.25) is 0 Å². The van der Waals surface area contributed by atoms with Crippen molar-refractivity contribution in [2.45, 2.75) is 6.42 Å². The molecule has 0 rings (SSSR count). The van der Waals surface area contributed by atoms with Crippen LogP contribution < -0.4 is 0 Å². The average Bonchev–Trinajstić information content (AvgIpc) is 1.97. The summed E-state index contributed by atoms with van der Waals surface area (Å²) in [6.45, 7) is 0.142. The lowest BCUT2D eigenvalue weighted by atomic mass is 10.4. The molecule has 0 aliphatic carbocycles. The minimum atomic E-state index is 0.142. The Balaban J connectivity index is 3.67. The summed E-state index contributed by atoms with van der Waals surface area (Å²) in [4.78, 5) is 0. The number of hydrogen-bond acceptors (Lipinski definition) is 1. The molecule has 0 aliphatic heterocycles. The van der Waals surface area contributed by atoms with E-state index in [0.717, 1.165) is 0 Å². The molecule has 0 bridgehead atoms. The molecule has 0 radical (unpaired) electrons. The molecule has 0 heterocycles. The molecular formula is C9H8O.